The average molecular weight is 407 g/mol. The van der Waals surface area contributed by atoms with Gasteiger partial charge < -0.3 is 15.0 Å². The van der Waals surface area contributed by atoms with Crippen LogP contribution in [-0.2, 0) is 9.59 Å². The second-order valence-corrected chi connectivity index (χ2v) is 8.31. The van der Waals surface area contributed by atoms with E-state index < -0.39 is 0 Å². The van der Waals surface area contributed by atoms with Gasteiger partial charge in [-0.05, 0) is 49.1 Å². The molecule has 1 saturated heterocycles. The van der Waals surface area contributed by atoms with Crippen LogP contribution in [0.5, 0.6) is 5.75 Å². The summed E-state index contributed by atoms with van der Waals surface area (Å²) in [5, 5.41) is 3.30. The largest absolute Gasteiger partial charge is 0.497 e. The van der Waals surface area contributed by atoms with E-state index in [2.05, 4.69) is 5.32 Å². The smallest absolute Gasteiger partial charge is 0.227 e. The van der Waals surface area contributed by atoms with Gasteiger partial charge in [0.15, 0.2) is 0 Å². The molecule has 158 valence electrons. The number of anilines is 1. The lowest BCUT2D eigenvalue weighted by atomic mass is 9.82. The highest BCUT2D eigenvalue weighted by Crippen LogP contribution is 2.40. The minimum absolute atomic E-state index is 0.0516. The van der Waals surface area contributed by atoms with Gasteiger partial charge in [-0.3, -0.25) is 9.59 Å². The minimum Gasteiger partial charge on any atom is -0.497 e. The molecule has 1 aliphatic heterocycles. The van der Waals surface area contributed by atoms with E-state index in [1.807, 2.05) is 59.5 Å². The number of hydrogen-bond acceptors (Lipinski definition) is 3. The molecule has 1 aliphatic carbocycles. The molecule has 5 nitrogen and oxygen atoms in total. The Morgan fingerprint density at radius 1 is 0.967 bits per heavy atom. The lowest BCUT2D eigenvalue weighted by Crippen LogP contribution is -2.50. The molecular formula is C25H30N2O3. The van der Waals surface area contributed by atoms with Gasteiger partial charge in [0.05, 0.1) is 19.1 Å². The van der Waals surface area contributed by atoms with Gasteiger partial charge in [0.2, 0.25) is 11.8 Å². The van der Waals surface area contributed by atoms with Gasteiger partial charge in [0.1, 0.15) is 5.75 Å². The molecule has 1 saturated carbocycles. The van der Waals surface area contributed by atoms with Gasteiger partial charge in [-0.25, -0.2) is 0 Å². The predicted molar refractivity (Wildman–Crippen MR) is 117 cm³/mol. The highest BCUT2D eigenvalue weighted by atomic mass is 16.5. The van der Waals surface area contributed by atoms with Gasteiger partial charge >= 0.3 is 0 Å². The van der Waals surface area contributed by atoms with E-state index in [1.54, 1.807) is 7.11 Å². The molecule has 30 heavy (non-hydrogen) atoms. The number of hydrogen-bond donors (Lipinski definition) is 1. The van der Waals surface area contributed by atoms with Crippen molar-refractivity contribution in [1.82, 2.24) is 5.32 Å². The fraction of sp³-hybridized carbons (Fsp3) is 0.440. The number of carbonyl (C=O) groups excluding carboxylic acids is 2. The van der Waals surface area contributed by atoms with Crippen LogP contribution in [0, 0.1) is 5.92 Å². The van der Waals surface area contributed by atoms with E-state index in [0.717, 1.165) is 29.8 Å². The van der Waals surface area contributed by atoms with Crippen LogP contribution in [0.3, 0.4) is 0 Å². The van der Waals surface area contributed by atoms with Gasteiger partial charge in [0, 0.05) is 18.2 Å². The van der Waals surface area contributed by atoms with Crippen LogP contribution in [-0.4, -0.2) is 25.0 Å². The lowest BCUT2D eigenvalue weighted by Gasteiger charge is -2.41. The second kappa shape index (κ2) is 9.33. The van der Waals surface area contributed by atoms with Crippen molar-refractivity contribution in [3.05, 3.63) is 60.2 Å². The van der Waals surface area contributed by atoms with Gasteiger partial charge in [-0.1, -0.05) is 49.6 Å². The first-order chi connectivity index (χ1) is 14.7. The Morgan fingerprint density at radius 3 is 2.33 bits per heavy atom. The van der Waals surface area contributed by atoms with E-state index in [4.69, 9.17) is 4.74 Å². The summed E-state index contributed by atoms with van der Waals surface area (Å²) < 4.78 is 5.27. The van der Waals surface area contributed by atoms with Crippen LogP contribution in [0.25, 0.3) is 0 Å². The van der Waals surface area contributed by atoms with E-state index in [9.17, 15) is 9.59 Å². The van der Waals surface area contributed by atoms with E-state index >= 15 is 0 Å². The number of piperidine rings is 1. The van der Waals surface area contributed by atoms with E-state index in [-0.39, 0.29) is 29.8 Å². The highest BCUT2D eigenvalue weighted by molar-refractivity contribution is 5.97. The molecule has 4 rings (SSSR count). The Morgan fingerprint density at radius 2 is 1.67 bits per heavy atom. The zero-order chi connectivity index (χ0) is 20.9. The third-order valence-electron chi connectivity index (χ3n) is 6.38. The summed E-state index contributed by atoms with van der Waals surface area (Å²) in [7, 11) is 1.62. The molecule has 1 heterocycles. The summed E-state index contributed by atoms with van der Waals surface area (Å²) in [4.78, 5) is 28.2. The maximum Gasteiger partial charge on any atom is 0.227 e. The number of nitrogens with zero attached hydrogens (tertiary/aromatic N) is 1. The van der Waals surface area contributed by atoms with Crippen molar-refractivity contribution in [1.29, 1.82) is 0 Å². The third kappa shape index (κ3) is 4.35. The van der Waals surface area contributed by atoms with Crippen molar-refractivity contribution in [2.75, 3.05) is 12.0 Å². The zero-order valence-corrected chi connectivity index (χ0v) is 17.5. The normalized spacial score (nSPS) is 22.6. The van der Waals surface area contributed by atoms with Crippen LogP contribution >= 0.6 is 0 Å². The Hall–Kier alpha value is -2.82. The van der Waals surface area contributed by atoms with Crippen molar-refractivity contribution in [2.24, 2.45) is 5.92 Å². The van der Waals surface area contributed by atoms with Gasteiger partial charge in [-0.15, -0.1) is 0 Å². The van der Waals surface area contributed by atoms with Crippen molar-refractivity contribution in [2.45, 2.75) is 57.0 Å². The lowest BCUT2D eigenvalue weighted by molar-refractivity contribution is -0.130. The molecule has 2 aromatic rings. The Bertz CT molecular complexity index is 860. The summed E-state index contributed by atoms with van der Waals surface area (Å²) >= 11 is 0. The number of nitrogens with one attached hydrogen (secondary N) is 1. The van der Waals surface area contributed by atoms with Crippen molar-refractivity contribution >= 4 is 17.5 Å². The number of carbonyl (C=O) groups is 2. The standard InChI is InChI=1S/C25H30N2O3/c1-30-21-14-12-20(13-15-21)27-23(28)17-16-22(24(27)18-8-4-2-5-9-18)25(29)26-19-10-6-3-7-11-19/h2,4-5,8-9,12-15,19,22,24H,3,6-7,10-11,16-17H2,1H3,(H,26,29)/t22-,24-/m0/s1. The highest BCUT2D eigenvalue weighted by Gasteiger charge is 2.41. The van der Waals surface area contributed by atoms with E-state index in [0.29, 0.717) is 12.8 Å². The summed E-state index contributed by atoms with van der Waals surface area (Å²) in [6.07, 6.45) is 6.65. The minimum atomic E-state index is -0.315. The quantitative estimate of drug-likeness (QED) is 0.788. The van der Waals surface area contributed by atoms with Crippen molar-refractivity contribution in [3.63, 3.8) is 0 Å². The molecule has 2 fully saturated rings. The second-order valence-electron chi connectivity index (χ2n) is 8.31. The number of amides is 2. The topological polar surface area (TPSA) is 58.6 Å². The maximum atomic E-state index is 13.4. The van der Waals surface area contributed by atoms with Crippen LogP contribution in [0.2, 0.25) is 0 Å². The number of methoxy groups -OCH3 is 1. The molecule has 0 bridgehead atoms. The Kier molecular flexibility index (Phi) is 6.36. The first-order valence-electron chi connectivity index (χ1n) is 11.0. The monoisotopic (exact) mass is 406 g/mol. The first kappa shape index (κ1) is 20.5. The van der Waals surface area contributed by atoms with E-state index in [1.165, 1.54) is 19.3 Å². The molecule has 2 aliphatic rings. The molecule has 0 radical (unpaired) electrons. The molecule has 1 N–H and O–H groups in total. The van der Waals surface area contributed by atoms with Gasteiger partial charge in [0.25, 0.3) is 0 Å². The van der Waals surface area contributed by atoms with Crippen LogP contribution in [0.15, 0.2) is 54.6 Å². The summed E-state index contributed by atoms with van der Waals surface area (Å²) in [6.45, 7) is 0. The Balaban J connectivity index is 1.66. The van der Waals surface area contributed by atoms with Crippen LogP contribution in [0.1, 0.15) is 56.6 Å². The fourth-order valence-electron chi connectivity index (χ4n) is 4.80. The zero-order valence-electron chi connectivity index (χ0n) is 17.5. The number of rotatable bonds is 5. The SMILES string of the molecule is COc1ccc(N2C(=O)CC[C@H](C(=O)NC3CCCCC3)[C@@H]2c2ccccc2)cc1. The average Bonchev–Trinajstić information content (AvgIpc) is 2.80. The molecule has 5 heteroatoms. The van der Waals surface area contributed by atoms with Crippen molar-refractivity contribution in [3.8, 4) is 5.75 Å². The molecule has 0 unspecified atom stereocenters. The first-order valence-corrected chi connectivity index (χ1v) is 11.0. The third-order valence-corrected chi connectivity index (χ3v) is 6.38. The number of ether oxygens (including phenoxy) is 1. The molecule has 0 spiro atoms. The molecule has 2 amide bonds. The molecule has 2 aromatic carbocycles. The fourth-order valence-corrected chi connectivity index (χ4v) is 4.80. The van der Waals surface area contributed by atoms with Crippen LogP contribution < -0.4 is 15.0 Å². The summed E-state index contributed by atoms with van der Waals surface area (Å²) in [5.74, 6) is 0.595. The molecule has 2 atom stereocenters. The summed E-state index contributed by atoms with van der Waals surface area (Å²) in [5.41, 5.74) is 1.79. The molecule has 0 aromatic heterocycles. The predicted octanol–water partition coefficient (Wildman–Crippen LogP) is 4.63. The van der Waals surface area contributed by atoms with Gasteiger partial charge in [-0.2, -0.15) is 0 Å². The van der Waals surface area contributed by atoms with Crippen molar-refractivity contribution < 1.29 is 14.3 Å². The maximum absolute atomic E-state index is 13.4. The number of benzene rings is 2. The summed E-state index contributed by atoms with van der Waals surface area (Å²) in [6, 6.07) is 17.4. The Labute approximate surface area is 178 Å². The van der Waals surface area contributed by atoms with Crippen LogP contribution in [0.4, 0.5) is 5.69 Å². The molecular weight excluding hydrogens is 376 g/mol.